The maximum Gasteiger partial charge on any atom is 0.0618 e. The summed E-state index contributed by atoms with van der Waals surface area (Å²) in [5, 5.41) is 3.57. The minimum atomic E-state index is 0.392. The largest absolute Gasteiger partial charge is 0.383 e. The van der Waals surface area contributed by atoms with E-state index in [1.54, 1.807) is 7.11 Å². The van der Waals surface area contributed by atoms with E-state index in [4.69, 9.17) is 4.74 Å². The van der Waals surface area contributed by atoms with Gasteiger partial charge in [0, 0.05) is 19.2 Å². The summed E-state index contributed by atoms with van der Waals surface area (Å²) in [5.74, 6) is 0.687. The van der Waals surface area contributed by atoms with E-state index >= 15 is 0 Å². The molecule has 1 rings (SSSR count). The Bertz CT molecular complexity index is 156. The molecule has 0 spiro atoms. The highest BCUT2D eigenvalue weighted by molar-refractivity contribution is 4.99. The number of hydrogen-bond acceptors (Lipinski definition) is 2. The quantitative estimate of drug-likeness (QED) is 0.682. The van der Waals surface area contributed by atoms with E-state index in [1.807, 2.05) is 0 Å². The van der Waals surface area contributed by atoms with Gasteiger partial charge < -0.3 is 10.1 Å². The number of ether oxygens (including phenoxy) is 1. The SMILES string of the molecule is COCC1NC(C)C(C)(C)C1C. The summed E-state index contributed by atoms with van der Waals surface area (Å²) < 4.78 is 5.18. The Morgan fingerprint density at radius 3 is 2.25 bits per heavy atom. The topological polar surface area (TPSA) is 21.3 Å². The molecular formula is C10H21NO. The molecular weight excluding hydrogens is 150 g/mol. The molecule has 0 radical (unpaired) electrons. The van der Waals surface area contributed by atoms with Crippen molar-refractivity contribution in [1.82, 2.24) is 5.32 Å². The summed E-state index contributed by atoms with van der Waals surface area (Å²) in [5.41, 5.74) is 0.392. The molecule has 3 atom stereocenters. The van der Waals surface area contributed by atoms with Crippen molar-refractivity contribution in [2.45, 2.75) is 39.8 Å². The minimum Gasteiger partial charge on any atom is -0.383 e. The van der Waals surface area contributed by atoms with Crippen LogP contribution < -0.4 is 5.32 Å². The van der Waals surface area contributed by atoms with E-state index in [9.17, 15) is 0 Å². The number of hydrogen-bond donors (Lipinski definition) is 1. The van der Waals surface area contributed by atoms with Crippen LogP contribution in [0.25, 0.3) is 0 Å². The number of rotatable bonds is 2. The molecule has 0 aromatic carbocycles. The third-order valence-corrected chi connectivity index (χ3v) is 3.70. The molecule has 0 aromatic heterocycles. The number of nitrogens with one attached hydrogen (secondary N) is 1. The molecule has 1 N–H and O–H groups in total. The molecule has 1 aliphatic rings. The predicted molar refractivity (Wildman–Crippen MR) is 51.2 cm³/mol. The van der Waals surface area contributed by atoms with Crippen LogP contribution in [0, 0.1) is 11.3 Å². The first-order valence-electron chi connectivity index (χ1n) is 4.75. The zero-order chi connectivity index (χ0) is 9.35. The minimum absolute atomic E-state index is 0.392. The fraction of sp³-hybridized carbons (Fsp3) is 1.00. The fourth-order valence-corrected chi connectivity index (χ4v) is 1.97. The van der Waals surface area contributed by atoms with Gasteiger partial charge in [-0.25, -0.2) is 0 Å². The summed E-state index contributed by atoms with van der Waals surface area (Å²) in [6.07, 6.45) is 0. The molecule has 1 saturated heterocycles. The second kappa shape index (κ2) is 3.35. The van der Waals surface area contributed by atoms with Gasteiger partial charge in [-0.2, -0.15) is 0 Å². The van der Waals surface area contributed by atoms with Gasteiger partial charge in [-0.1, -0.05) is 20.8 Å². The van der Waals surface area contributed by atoms with E-state index in [0.717, 1.165) is 6.61 Å². The predicted octanol–water partition coefficient (Wildman–Crippen LogP) is 1.66. The molecule has 2 nitrogen and oxygen atoms in total. The van der Waals surface area contributed by atoms with Crippen LogP contribution in [-0.4, -0.2) is 25.8 Å². The molecule has 0 amide bonds. The van der Waals surface area contributed by atoms with E-state index in [-0.39, 0.29) is 0 Å². The van der Waals surface area contributed by atoms with Gasteiger partial charge in [0.2, 0.25) is 0 Å². The molecule has 1 aliphatic heterocycles. The highest BCUT2D eigenvalue weighted by Gasteiger charge is 2.43. The second-order valence-corrected chi connectivity index (χ2v) is 4.56. The normalized spacial score (nSPS) is 40.2. The maximum atomic E-state index is 5.18. The van der Waals surface area contributed by atoms with E-state index in [1.165, 1.54) is 0 Å². The Balaban J connectivity index is 2.63. The van der Waals surface area contributed by atoms with Crippen LogP contribution >= 0.6 is 0 Å². The van der Waals surface area contributed by atoms with Crippen molar-refractivity contribution in [1.29, 1.82) is 0 Å². The molecule has 0 bridgehead atoms. The first kappa shape index (κ1) is 10.0. The van der Waals surface area contributed by atoms with Crippen LogP contribution in [-0.2, 0) is 4.74 Å². The van der Waals surface area contributed by atoms with Gasteiger partial charge in [0.15, 0.2) is 0 Å². The van der Waals surface area contributed by atoms with Crippen molar-refractivity contribution in [2.75, 3.05) is 13.7 Å². The lowest BCUT2D eigenvalue weighted by Crippen LogP contribution is -2.33. The Morgan fingerprint density at radius 2 is 1.92 bits per heavy atom. The molecule has 3 unspecified atom stereocenters. The molecule has 12 heavy (non-hydrogen) atoms. The maximum absolute atomic E-state index is 5.18. The highest BCUT2D eigenvalue weighted by atomic mass is 16.5. The Labute approximate surface area is 75.7 Å². The van der Waals surface area contributed by atoms with Crippen LogP contribution in [0.1, 0.15) is 27.7 Å². The first-order chi connectivity index (χ1) is 5.50. The van der Waals surface area contributed by atoms with Crippen LogP contribution in [0.3, 0.4) is 0 Å². The zero-order valence-electron chi connectivity index (χ0n) is 8.85. The van der Waals surface area contributed by atoms with Crippen LogP contribution in [0.15, 0.2) is 0 Å². The third kappa shape index (κ3) is 1.50. The van der Waals surface area contributed by atoms with E-state index < -0.39 is 0 Å². The lowest BCUT2D eigenvalue weighted by atomic mass is 9.76. The van der Waals surface area contributed by atoms with E-state index in [2.05, 4.69) is 33.0 Å². The standard InChI is InChI=1S/C10H21NO/c1-7-9(6-12-5)11-8(2)10(7,3)4/h7-9,11H,6H2,1-5H3. The Kier molecular flexibility index (Phi) is 2.79. The second-order valence-electron chi connectivity index (χ2n) is 4.56. The third-order valence-electron chi connectivity index (χ3n) is 3.70. The van der Waals surface area contributed by atoms with Gasteiger partial charge in [-0.3, -0.25) is 0 Å². The first-order valence-corrected chi connectivity index (χ1v) is 4.75. The highest BCUT2D eigenvalue weighted by Crippen LogP contribution is 2.38. The number of methoxy groups -OCH3 is 1. The average molecular weight is 171 g/mol. The molecule has 72 valence electrons. The Morgan fingerprint density at radius 1 is 1.33 bits per heavy atom. The lowest BCUT2D eigenvalue weighted by molar-refractivity contribution is 0.144. The lowest BCUT2D eigenvalue weighted by Gasteiger charge is -2.28. The molecule has 2 heteroatoms. The van der Waals surface area contributed by atoms with Crippen molar-refractivity contribution in [3.63, 3.8) is 0 Å². The van der Waals surface area contributed by atoms with Crippen LogP contribution in [0.5, 0.6) is 0 Å². The van der Waals surface area contributed by atoms with Gasteiger partial charge >= 0.3 is 0 Å². The summed E-state index contributed by atoms with van der Waals surface area (Å²) in [4.78, 5) is 0. The summed E-state index contributed by atoms with van der Waals surface area (Å²) >= 11 is 0. The van der Waals surface area contributed by atoms with Crippen molar-refractivity contribution < 1.29 is 4.74 Å². The molecule has 1 heterocycles. The van der Waals surface area contributed by atoms with Crippen molar-refractivity contribution in [3.05, 3.63) is 0 Å². The summed E-state index contributed by atoms with van der Waals surface area (Å²) in [6, 6.07) is 1.12. The van der Waals surface area contributed by atoms with Gasteiger partial charge in [-0.15, -0.1) is 0 Å². The zero-order valence-corrected chi connectivity index (χ0v) is 8.85. The van der Waals surface area contributed by atoms with Gasteiger partial charge in [0.1, 0.15) is 0 Å². The Hall–Kier alpha value is -0.0800. The van der Waals surface area contributed by atoms with Gasteiger partial charge in [-0.05, 0) is 18.3 Å². The van der Waals surface area contributed by atoms with Crippen molar-refractivity contribution in [3.8, 4) is 0 Å². The van der Waals surface area contributed by atoms with Crippen LogP contribution in [0.4, 0.5) is 0 Å². The molecule has 0 aliphatic carbocycles. The van der Waals surface area contributed by atoms with E-state index in [0.29, 0.717) is 23.4 Å². The van der Waals surface area contributed by atoms with Gasteiger partial charge in [0.25, 0.3) is 0 Å². The van der Waals surface area contributed by atoms with Crippen molar-refractivity contribution >= 4 is 0 Å². The average Bonchev–Trinajstić information content (AvgIpc) is 2.17. The molecule has 1 fully saturated rings. The monoisotopic (exact) mass is 171 g/mol. The molecule has 0 saturated carbocycles. The smallest absolute Gasteiger partial charge is 0.0618 e. The van der Waals surface area contributed by atoms with Crippen LogP contribution in [0.2, 0.25) is 0 Å². The summed E-state index contributed by atoms with van der Waals surface area (Å²) in [6.45, 7) is 10.0. The molecule has 0 aromatic rings. The van der Waals surface area contributed by atoms with Crippen molar-refractivity contribution in [2.24, 2.45) is 11.3 Å². The summed E-state index contributed by atoms with van der Waals surface area (Å²) in [7, 11) is 1.77. The fourth-order valence-electron chi connectivity index (χ4n) is 1.97. The van der Waals surface area contributed by atoms with Gasteiger partial charge in [0.05, 0.1) is 6.61 Å².